The maximum absolute atomic E-state index is 5.91. The highest BCUT2D eigenvalue weighted by molar-refractivity contribution is 6.30. The SMILES string of the molecule is CC(NCC1C(C)(C)C1(C)C)c1ccc(Cl)cc1. The van der Waals surface area contributed by atoms with E-state index >= 15 is 0 Å². The predicted molar refractivity (Wildman–Crippen MR) is 78.9 cm³/mol. The van der Waals surface area contributed by atoms with Gasteiger partial charge in [-0.3, -0.25) is 0 Å². The Labute approximate surface area is 116 Å². The molecule has 18 heavy (non-hydrogen) atoms. The molecule has 0 aliphatic heterocycles. The van der Waals surface area contributed by atoms with Crippen molar-refractivity contribution in [1.82, 2.24) is 5.32 Å². The smallest absolute Gasteiger partial charge is 0.0406 e. The second-order valence-electron chi connectivity index (χ2n) is 6.68. The van der Waals surface area contributed by atoms with Crippen molar-refractivity contribution in [2.75, 3.05) is 6.54 Å². The molecule has 100 valence electrons. The van der Waals surface area contributed by atoms with Gasteiger partial charge in [-0.2, -0.15) is 0 Å². The van der Waals surface area contributed by atoms with E-state index in [2.05, 4.69) is 52.1 Å². The molecule has 1 aliphatic carbocycles. The first-order valence-corrected chi connectivity index (χ1v) is 7.13. The van der Waals surface area contributed by atoms with Crippen LogP contribution in [0.5, 0.6) is 0 Å². The first-order chi connectivity index (χ1) is 8.26. The average molecular weight is 266 g/mol. The number of rotatable bonds is 4. The van der Waals surface area contributed by atoms with Gasteiger partial charge < -0.3 is 5.32 Å². The molecule has 0 amide bonds. The van der Waals surface area contributed by atoms with E-state index in [0.29, 0.717) is 16.9 Å². The second kappa shape index (κ2) is 4.54. The molecule has 1 N–H and O–H groups in total. The quantitative estimate of drug-likeness (QED) is 0.834. The van der Waals surface area contributed by atoms with Crippen LogP contribution < -0.4 is 5.32 Å². The Balaban J connectivity index is 1.90. The Morgan fingerprint density at radius 2 is 1.61 bits per heavy atom. The van der Waals surface area contributed by atoms with Crippen molar-refractivity contribution >= 4 is 11.6 Å². The normalized spacial score (nSPS) is 22.8. The summed E-state index contributed by atoms with van der Waals surface area (Å²) in [4.78, 5) is 0. The van der Waals surface area contributed by atoms with Gasteiger partial charge in [-0.1, -0.05) is 51.4 Å². The maximum atomic E-state index is 5.91. The fourth-order valence-corrected chi connectivity index (χ4v) is 3.13. The molecule has 1 fully saturated rings. The van der Waals surface area contributed by atoms with Gasteiger partial charge in [0.2, 0.25) is 0 Å². The fourth-order valence-electron chi connectivity index (χ4n) is 3.01. The summed E-state index contributed by atoms with van der Waals surface area (Å²) in [5.74, 6) is 0.764. The van der Waals surface area contributed by atoms with Gasteiger partial charge in [-0.25, -0.2) is 0 Å². The lowest BCUT2D eigenvalue weighted by molar-refractivity contribution is 0.457. The summed E-state index contributed by atoms with van der Waals surface area (Å²) in [6.07, 6.45) is 0. The van der Waals surface area contributed by atoms with Crippen molar-refractivity contribution in [3.63, 3.8) is 0 Å². The maximum Gasteiger partial charge on any atom is 0.0406 e. The molecule has 1 aliphatic rings. The zero-order valence-corrected chi connectivity index (χ0v) is 12.8. The minimum Gasteiger partial charge on any atom is -0.310 e. The predicted octanol–water partition coefficient (Wildman–Crippen LogP) is 4.67. The minimum absolute atomic E-state index is 0.384. The fraction of sp³-hybridized carbons (Fsp3) is 0.625. The molecule has 1 aromatic rings. The van der Waals surface area contributed by atoms with E-state index in [0.717, 1.165) is 17.5 Å². The van der Waals surface area contributed by atoms with Gasteiger partial charge in [0, 0.05) is 11.1 Å². The number of halogens is 1. The van der Waals surface area contributed by atoms with Crippen molar-refractivity contribution in [3.05, 3.63) is 34.9 Å². The van der Waals surface area contributed by atoms with E-state index in [-0.39, 0.29) is 0 Å². The molecule has 1 unspecified atom stereocenters. The van der Waals surface area contributed by atoms with Crippen molar-refractivity contribution in [2.45, 2.75) is 40.7 Å². The number of hydrogen-bond donors (Lipinski definition) is 1. The first kappa shape index (κ1) is 13.9. The number of nitrogens with one attached hydrogen (secondary N) is 1. The zero-order chi connectivity index (χ0) is 13.6. The van der Waals surface area contributed by atoms with E-state index in [1.54, 1.807) is 0 Å². The van der Waals surface area contributed by atoms with Crippen molar-refractivity contribution in [3.8, 4) is 0 Å². The second-order valence-corrected chi connectivity index (χ2v) is 7.11. The van der Waals surface area contributed by atoms with Gasteiger partial charge in [-0.15, -0.1) is 0 Å². The third-order valence-electron chi connectivity index (χ3n) is 5.32. The first-order valence-electron chi connectivity index (χ1n) is 6.75. The summed E-state index contributed by atoms with van der Waals surface area (Å²) in [5.41, 5.74) is 2.22. The van der Waals surface area contributed by atoms with Gasteiger partial charge >= 0.3 is 0 Å². The van der Waals surface area contributed by atoms with Crippen LogP contribution in [0.25, 0.3) is 0 Å². The number of benzene rings is 1. The molecule has 0 radical (unpaired) electrons. The summed E-state index contributed by atoms with van der Waals surface area (Å²) in [7, 11) is 0. The molecule has 0 aromatic heterocycles. The van der Waals surface area contributed by atoms with Crippen molar-refractivity contribution in [2.24, 2.45) is 16.7 Å². The molecule has 0 heterocycles. The van der Waals surface area contributed by atoms with Gasteiger partial charge in [-0.05, 0) is 47.9 Å². The highest BCUT2D eigenvalue weighted by Crippen LogP contribution is 2.68. The van der Waals surface area contributed by atoms with E-state index in [1.807, 2.05) is 12.1 Å². The summed E-state index contributed by atoms with van der Waals surface area (Å²) in [5, 5.41) is 4.45. The molecule has 0 spiro atoms. The summed E-state index contributed by atoms with van der Waals surface area (Å²) >= 11 is 5.91. The minimum atomic E-state index is 0.384. The molecule has 1 saturated carbocycles. The Morgan fingerprint density at radius 3 is 2.06 bits per heavy atom. The lowest BCUT2D eigenvalue weighted by Crippen LogP contribution is -2.23. The monoisotopic (exact) mass is 265 g/mol. The van der Waals surface area contributed by atoms with Crippen LogP contribution in [0.3, 0.4) is 0 Å². The van der Waals surface area contributed by atoms with Crippen LogP contribution in [-0.4, -0.2) is 6.54 Å². The summed E-state index contributed by atoms with van der Waals surface area (Å²) < 4.78 is 0. The Morgan fingerprint density at radius 1 is 1.11 bits per heavy atom. The largest absolute Gasteiger partial charge is 0.310 e. The Hall–Kier alpha value is -0.530. The molecule has 1 nitrogen and oxygen atoms in total. The van der Waals surface area contributed by atoms with E-state index in [4.69, 9.17) is 11.6 Å². The molecular formula is C16H24ClN. The summed E-state index contributed by atoms with van der Waals surface area (Å²) in [6.45, 7) is 12.8. The average Bonchev–Trinajstić information content (AvgIpc) is 2.67. The van der Waals surface area contributed by atoms with Crippen LogP contribution in [0.4, 0.5) is 0 Å². The van der Waals surface area contributed by atoms with Gasteiger partial charge in [0.25, 0.3) is 0 Å². The molecule has 0 bridgehead atoms. The molecule has 0 saturated heterocycles. The molecule has 2 rings (SSSR count). The number of hydrogen-bond acceptors (Lipinski definition) is 1. The third kappa shape index (κ3) is 2.31. The molecule has 1 atom stereocenters. The van der Waals surface area contributed by atoms with Crippen LogP contribution in [0.2, 0.25) is 5.02 Å². The van der Waals surface area contributed by atoms with Gasteiger partial charge in [0.1, 0.15) is 0 Å². The van der Waals surface area contributed by atoms with Crippen LogP contribution in [-0.2, 0) is 0 Å². The van der Waals surface area contributed by atoms with Crippen LogP contribution in [0.15, 0.2) is 24.3 Å². The lowest BCUT2D eigenvalue weighted by atomic mass is 10.0. The molecule has 1 aromatic carbocycles. The van der Waals surface area contributed by atoms with Crippen molar-refractivity contribution < 1.29 is 0 Å². The topological polar surface area (TPSA) is 12.0 Å². The Bertz CT molecular complexity index is 405. The zero-order valence-electron chi connectivity index (χ0n) is 12.0. The van der Waals surface area contributed by atoms with Crippen molar-refractivity contribution in [1.29, 1.82) is 0 Å². The highest BCUT2D eigenvalue weighted by Gasteiger charge is 2.63. The lowest BCUT2D eigenvalue weighted by Gasteiger charge is -2.15. The van der Waals surface area contributed by atoms with Crippen LogP contribution in [0.1, 0.15) is 46.2 Å². The van der Waals surface area contributed by atoms with E-state index in [9.17, 15) is 0 Å². The van der Waals surface area contributed by atoms with E-state index in [1.165, 1.54) is 5.56 Å². The van der Waals surface area contributed by atoms with E-state index < -0.39 is 0 Å². The Kier molecular flexibility index (Phi) is 3.50. The van der Waals surface area contributed by atoms with Crippen LogP contribution in [0, 0.1) is 16.7 Å². The molecule has 2 heteroatoms. The standard InChI is InChI=1S/C16H24ClN/c1-11(12-6-8-13(17)9-7-12)18-10-14-15(2,3)16(14,4)5/h6-9,11,14,18H,10H2,1-5H3. The van der Waals surface area contributed by atoms with Gasteiger partial charge in [0.15, 0.2) is 0 Å². The summed E-state index contributed by atoms with van der Waals surface area (Å²) in [6, 6.07) is 8.50. The highest BCUT2D eigenvalue weighted by atomic mass is 35.5. The van der Waals surface area contributed by atoms with Crippen LogP contribution >= 0.6 is 11.6 Å². The third-order valence-corrected chi connectivity index (χ3v) is 5.57. The molecular weight excluding hydrogens is 242 g/mol. The van der Waals surface area contributed by atoms with Gasteiger partial charge in [0.05, 0.1) is 0 Å².